The van der Waals surface area contributed by atoms with Crippen molar-refractivity contribution in [3.05, 3.63) is 0 Å². The summed E-state index contributed by atoms with van der Waals surface area (Å²) in [5.74, 6) is 2.50. The molecule has 72 valence electrons. The van der Waals surface area contributed by atoms with E-state index in [-0.39, 0.29) is 0 Å². The maximum atomic E-state index is 11.5. The Morgan fingerprint density at radius 3 is 2.46 bits per heavy atom. The summed E-state index contributed by atoms with van der Waals surface area (Å²) in [6, 6.07) is 0.548. The largest absolute Gasteiger partial charge is 0.353 e. The lowest BCUT2D eigenvalue weighted by Gasteiger charge is -2.22. The van der Waals surface area contributed by atoms with E-state index in [2.05, 4.69) is 5.32 Å². The number of rotatable bonds is 2. The van der Waals surface area contributed by atoms with Gasteiger partial charge in [0, 0.05) is 12.0 Å². The topological polar surface area (TPSA) is 29.1 Å². The molecule has 0 spiro atoms. The highest BCUT2D eigenvalue weighted by Gasteiger charge is 2.41. The summed E-state index contributed by atoms with van der Waals surface area (Å²) in [7, 11) is 0. The lowest BCUT2D eigenvalue weighted by atomic mass is 9.95. The molecule has 1 amide bonds. The lowest BCUT2D eigenvalue weighted by molar-refractivity contribution is -0.123. The van der Waals surface area contributed by atoms with Crippen molar-refractivity contribution < 1.29 is 4.79 Å². The molecule has 13 heavy (non-hydrogen) atoms. The second kappa shape index (κ2) is 2.73. The number of amides is 1. The van der Waals surface area contributed by atoms with Gasteiger partial charge in [0.15, 0.2) is 0 Å². The average Bonchev–Trinajstić information content (AvgIpc) is 2.79. The number of carbonyl (C=O) groups is 1. The van der Waals surface area contributed by atoms with Crippen LogP contribution in [0.4, 0.5) is 0 Å². The minimum Gasteiger partial charge on any atom is -0.353 e. The zero-order chi connectivity index (χ0) is 8.84. The monoisotopic (exact) mass is 179 g/mol. The van der Waals surface area contributed by atoms with Crippen molar-refractivity contribution in [2.45, 2.75) is 44.6 Å². The number of carbonyl (C=O) groups excluding carboxylic acids is 1. The zero-order valence-electron chi connectivity index (χ0n) is 7.96. The van der Waals surface area contributed by atoms with E-state index in [1.807, 2.05) is 0 Å². The minimum atomic E-state index is 0.345. The summed E-state index contributed by atoms with van der Waals surface area (Å²) < 4.78 is 0. The zero-order valence-corrected chi connectivity index (χ0v) is 7.96. The smallest absolute Gasteiger partial charge is 0.223 e. The van der Waals surface area contributed by atoms with Gasteiger partial charge in [-0.05, 0) is 43.9 Å². The van der Waals surface area contributed by atoms with Gasteiger partial charge in [-0.1, -0.05) is 6.42 Å². The molecule has 0 aromatic heterocycles. The molecule has 3 fully saturated rings. The minimum absolute atomic E-state index is 0.345. The third kappa shape index (κ3) is 1.36. The maximum Gasteiger partial charge on any atom is 0.223 e. The first kappa shape index (κ1) is 7.84. The van der Waals surface area contributed by atoms with Gasteiger partial charge in [0.25, 0.3) is 0 Å². The van der Waals surface area contributed by atoms with Gasteiger partial charge in [-0.3, -0.25) is 4.79 Å². The van der Waals surface area contributed by atoms with Crippen molar-refractivity contribution in [2.24, 2.45) is 17.8 Å². The SMILES string of the molecule is O=C(N[C@@H]1C[C@H]2CC[C@@H]1C2)C1CC1. The number of nitrogens with one attached hydrogen (secondary N) is 1. The fraction of sp³-hybridized carbons (Fsp3) is 0.909. The molecule has 2 heteroatoms. The summed E-state index contributed by atoms with van der Waals surface area (Å²) >= 11 is 0. The molecule has 2 bridgehead atoms. The summed E-state index contributed by atoms with van der Waals surface area (Å²) in [5, 5.41) is 3.23. The predicted octanol–water partition coefficient (Wildman–Crippen LogP) is 1.70. The third-order valence-corrected chi connectivity index (χ3v) is 4.01. The first-order chi connectivity index (χ1) is 6.33. The quantitative estimate of drug-likeness (QED) is 0.687. The van der Waals surface area contributed by atoms with E-state index in [9.17, 15) is 4.79 Å². The predicted molar refractivity (Wildman–Crippen MR) is 50.1 cm³/mol. The van der Waals surface area contributed by atoms with Crippen molar-refractivity contribution in [3.63, 3.8) is 0 Å². The van der Waals surface area contributed by atoms with Crippen LogP contribution in [0.2, 0.25) is 0 Å². The molecule has 3 saturated carbocycles. The van der Waals surface area contributed by atoms with E-state index in [0.717, 1.165) is 24.7 Å². The van der Waals surface area contributed by atoms with E-state index in [1.165, 1.54) is 25.7 Å². The Morgan fingerprint density at radius 2 is 1.92 bits per heavy atom. The molecule has 0 aromatic rings. The molecule has 1 N–H and O–H groups in total. The highest BCUT2D eigenvalue weighted by atomic mass is 16.2. The van der Waals surface area contributed by atoms with Crippen molar-refractivity contribution in [3.8, 4) is 0 Å². The van der Waals surface area contributed by atoms with E-state index in [0.29, 0.717) is 17.9 Å². The molecule has 0 saturated heterocycles. The van der Waals surface area contributed by atoms with Crippen molar-refractivity contribution in [1.82, 2.24) is 5.32 Å². The van der Waals surface area contributed by atoms with Gasteiger partial charge in [0.1, 0.15) is 0 Å². The average molecular weight is 179 g/mol. The standard InChI is InChI=1S/C11H17NO/c13-11(8-3-4-8)12-10-6-7-1-2-9(10)5-7/h7-10H,1-6H2,(H,12,13)/t7-,9+,10+/m0/s1. The van der Waals surface area contributed by atoms with Gasteiger partial charge in [-0.15, -0.1) is 0 Å². The summed E-state index contributed by atoms with van der Waals surface area (Å²) in [5.41, 5.74) is 0. The van der Waals surface area contributed by atoms with Crippen LogP contribution in [0, 0.1) is 17.8 Å². The van der Waals surface area contributed by atoms with Gasteiger partial charge in [0.05, 0.1) is 0 Å². The van der Waals surface area contributed by atoms with Crippen LogP contribution in [0.1, 0.15) is 38.5 Å². The Labute approximate surface area is 79.1 Å². The van der Waals surface area contributed by atoms with Crippen molar-refractivity contribution in [2.75, 3.05) is 0 Å². The number of fused-ring (bicyclic) bond motifs is 2. The van der Waals surface area contributed by atoms with Gasteiger partial charge in [-0.2, -0.15) is 0 Å². The first-order valence-electron chi connectivity index (χ1n) is 5.63. The van der Waals surface area contributed by atoms with E-state index in [4.69, 9.17) is 0 Å². The molecule has 0 radical (unpaired) electrons. The van der Waals surface area contributed by atoms with Gasteiger partial charge in [0.2, 0.25) is 5.91 Å². The van der Waals surface area contributed by atoms with Crippen LogP contribution < -0.4 is 5.32 Å². The molecule has 0 unspecified atom stereocenters. The molecular weight excluding hydrogens is 162 g/mol. The molecule has 0 heterocycles. The first-order valence-corrected chi connectivity index (χ1v) is 5.63. The van der Waals surface area contributed by atoms with Gasteiger partial charge >= 0.3 is 0 Å². The second-order valence-electron chi connectivity index (χ2n) is 5.06. The Balaban J connectivity index is 1.58. The Morgan fingerprint density at radius 1 is 1.08 bits per heavy atom. The molecule has 0 aliphatic heterocycles. The number of hydrogen-bond acceptors (Lipinski definition) is 1. The van der Waals surface area contributed by atoms with Crippen LogP contribution in [0.15, 0.2) is 0 Å². The Bertz CT molecular complexity index is 234. The summed E-state index contributed by atoms with van der Waals surface area (Å²) in [6.45, 7) is 0. The molecule has 0 aromatic carbocycles. The van der Waals surface area contributed by atoms with Crippen LogP contribution in [0.3, 0.4) is 0 Å². The second-order valence-corrected chi connectivity index (χ2v) is 5.06. The van der Waals surface area contributed by atoms with E-state index in [1.54, 1.807) is 0 Å². The highest BCUT2D eigenvalue weighted by Crippen LogP contribution is 2.44. The molecule has 2 nitrogen and oxygen atoms in total. The van der Waals surface area contributed by atoms with Gasteiger partial charge in [-0.25, -0.2) is 0 Å². The van der Waals surface area contributed by atoms with Crippen LogP contribution >= 0.6 is 0 Å². The maximum absolute atomic E-state index is 11.5. The summed E-state index contributed by atoms with van der Waals surface area (Å²) in [4.78, 5) is 11.5. The normalized spacial score (nSPS) is 42.3. The van der Waals surface area contributed by atoms with Crippen LogP contribution in [0.25, 0.3) is 0 Å². The van der Waals surface area contributed by atoms with Crippen molar-refractivity contribution in [1.29, 1.82) is 0 Å². The molecule has 3 aliphatic rings. The Hall–Kier alpha value is -0.530. The lowest BCUT2D eigenvalue weighted by Crippen LogP contribution is -2.39. The fourth-order valence-corrected chi connectivity index (χ4v) is 3.07. The summed E-state index contributed by atoms with van der Waals surface area (Å²) in [6.07, 6.45) is 7.69. The molecule has 3 atom stereocenters. The third-order valence-electron chi connectivity index (χ3n) is 4.01. The van der Waals surface area contributed by atoms with Crippen LogP contribution in [-0.4, -0.2) is 11.9 Å². The van der Waals surface area contributed by atoms with Crippen molar-refractivity contribution >= 4 is 5.91 Å². The fourth-order valence-electron chi connectivity index (χ4n) is 3.07. The molecule has 3 rings (SSSR count). The van der Waals surface area contributed by atoms with Crippen LogP contribution in [0.5, 0.6) is 0 Å². The van der Waals surface area contributed by atoms with E-state index >= 15 is 0 Å². The van der Waals surface area contributed by atoms with Gasteiger partial charge < -0.3 is 5.32 Å². The van der Waals surface area contributed by atoms with E-state index < -0.39 is 0 Å². The highest BCUT2D eigenvalue weighted by molar-refractivity contribution is 5.81. The molecule has 3 aliphatic carbocycles. The Kier molecular flexibility index (Phi) is 1.64. The molecular formula is C11H17NO. The van der Waals surface area contributed by atoms with Crippen LogP contribution in [-0.2, 0) is 4.79 Å². The number of hydrogen-bond donors (Lipinski definition) is 1.